The smallest absolute Gasteiger partial charge is 0.151 e. The highest BCUT2D eigenvalue weighted by Gasteiger charge is 2.39. The minimum absolute atomic E-state index is 0.205. The summed E-state index contributed by atoms with van der Waals surface area (Å²) in [4.78, 5) is 12.8. The summed E-state index contributed by atoms with van der Waals surface area (Å²) >= 11 is 0. The number of carbonyl (C=O) groups is 1. The molecule has 0 saturated carbocycles. The third-order valence-corrected chi connectivity index (χ3v) is 7.70. The van der Waals surface area contributed by atoms with E-state index in [-0.39, 0.29) is 26.4 Å². The van der Waals surface area contributed by atoms with Gasteiger partial charge in [-0.1, -0.05) is 152 Å². The second-order valence-electron chi connectivity index (χ2n) is 11.3. The molecule has 0 bridgehead atoms. The van der Waals surface area contributed by atoms with E-state index in [1.807, 2.05) is 152 Å². The van der Waals surface area contributed by atoms with Crippen LogP contribution in [0.1, 0.15) is 27.8 Å². The van der Waals surface area contributed by atoms with Crippen molar-refractivity contribution >= 4 is 6.29 Å². The number of aldehydes is 1. The van der Waals surface area contributed by atoms with E-state index in [0.717, 1.165) is 34.1 Å². The molecule has 0 spiro atoms. The maximum Gasteiger partial charge on any atom is 0.151 e. The standard InChI is InChI=1S/C41H42O6/c42-26-38(44-28-34-18-8-2-9-19-34)40(46-30-36-22-12-4-13-23-36)41(47-31-37-24-14-5-15-25-37)39(45-29-35-20-10-3-11-21-35)32-43-27-33-16-6-1-7-17-33/h1-26,38-41H,27-32H2/t38-,39+,40+,41+/m1/s1. The van der Waals surface area contributed by atoms with Gasteiger partial charge in [-0.2, -0.15) is 0 Å². The Hall–Kier alpha value is -4.43. The van der Waals surface area contributed by atoms with E-state index >= 15 is 0 Å². The van der Waals surface area contributed by atoms with Crippen molar-refractivity contribution < 1.29 is 28.5 Å². The average molecular weight is 631 g/mol. The molecule has 0 unspecified atom stereocenters. The fraction of sp³-hybridized carbons (Fsp3) is 0.244. The average Bonchev–Trinajstić information content (AvgIpc) is 3.14. The van der Waals surface area contributed by atoms with Crippen molar-refractivity contribution in [1.82, 2.24) is 0 Å². The Morgan fingerprint density at radius 1 is 0.404 bits per heavy atom. The van der Waals surface area contributed by atoms with Gasteiger partial charge >= 0.3 is 0 Å². The van der Waals surface area contributed by atoms with Crippen molar-refractivity contribution in [2.75, 3.05) is 6.61 Å². The molecule has 6 heteroatoms. The Bertz CT molecular complexity index is 1530. The van der Waals surface area contributed by atoms with Crippen LogP contribution in [0.5, 0.6) is 0 Å². The van der Waals surface area contributed by atoms with E-state index in [0.29, 0.717) is 13.2 Å². The molecule has 5 aromatic rings. The van der Waals surface area contributed by atoms with Gasteiger partial charge in [-0.15, -0.1) is 0 Å². The molecular weight excluding hydrogens is 588 g/mol. The first-order chi connectivity index (χ1) is 23.3. The lowest BCUT2D eigenvalue weighted by atomic mass is 10.0. The largest absolute Gasteiger partial charge is 0.374 e. The van der Waals surface area contributed by atoms with Crippen LogP contribution in [0.15, 0.2) is 152 Å². The second-order valence-corrected chi connectivity index (χ2v) is 11.3. The van der Waals surface area contributed by atoms with Gasteiger partial charge < -0.3 is 28.5 Å². The first kappa shape index (κ1) is 33.9. The Kier molecular flexibility index (Phi) is 13.9. The van der Waals surface area contributed by atoms with Crippen molar-refractivity contribution in [3.8, 4) is 0 Å². The highest BCUT2D eigenvalue weighted by Crippen LogP contribution is 2.23. The van der Waals surface area contributed by atoms with Crippen molar-refractivity contribution in [3.05, 3.63) is 179 Å². The zero-order valence-electron chi connectivity index (χ0n) is 26.5. The first-order valence-electron chi connectivity index (χ1n) is 16.0. The van der Waals surface area contributed by atoms with Crippen LogP contribution in [0.2, 0.25) is 0 Å². The molecule has 0 aliphatic heterocycles. The molecule has 0 radical (unpaired) electrons. The van der Waals surface area contributed by atoms with Crippen LogP contribution in [-0.2, 0) is 61.5 Å². The summed E-state index contributed by atoms with van der Waals surface area (Å²) in [5, 5.41) is 0. The topological polar surface area (TPSA) is 63.2 Å². The fourth-order valence-corrected chi connectivity index (χ4v) is 5.18. The zero-order valence-corrected chi connectivity index (χ0v) is 26.5. The predicted octanol–water partition coefficient (Wildman–Crippen LogP) is 7.74. The van der Waals surface area contributed by atoms with Gasteiger partial charge in [-0.3, -0.25) is 0 Å². The van der Waals surface area contributed by atoms with E-state index < -0.39 is 24.4 Å². The van der Waals surface area contributed by atoms with Gasteiger partial charge in [0.1, 0.15) is 24.4 Å². The van der Waals surface area contributed by atoms with Crippen molar-refractivity contribution in [2.45, 2.75) is 57.5 Å². The van der Waals surface area contributed by atoms with Crippen LogP contribution in [0.4, 0.5) is 0 Å². The Morgan fingerprint density at radius 3 is 1.15 bits per heavy atom. The van der Waals surface area contributed by atoms with Crippen LogP contribution in [0.25, 0.3) is 0 Å². The summed E-state index contributed by atoms with van der Waals surface area (Å²) in [6, 6.07) is 49.5. The zero-order chi connectivity index (χ0) is 32.4. The number of benzene rings is 5. The molecule has 4 atom stereocenters. The van der Waals surface area contributed by atoms with Crippen molar-refractivity contribution in [2.24, 2.45) is 0 Å². The van der Waals surface area contributed by atoms with E-state index in [1.165, 1.54) is 0 Å². The molecule has 5 rings (SSSR count). The summed E-state index contributed by atoms with van der Waals surface area (Å²) in [6.45, 7) is 1.70. The number of hydrogen-bond donors (Lipinski definition) is 0. The first-order valence-corrected chi connectivity index (χ1v) is 16.0. The molecule has 47 heavy (non-hydrogen) atoms. The van der Waals surface area contributed by atoms with E-state index in [2.05, 4.69) is 0 Å². The fourth-order valence-electron chi connectivity index (χ4n) is 5.18. The minimum atomic E-state index is -0.948. The molecule has 0 saturated heterocycles. The molecule has 0 amide bonds. The lowest BCUT2D eigenvalue weighted by Crippen LogP contribution is -2.51. The SMILES string of the molecule is O=C[C@@H](OCc1ccccc1)[C@H](OCc1ccccc1)[C@@H](OCc1ccccc1)[C@H](COCc1ccccc1)OCc1ccccc1. The molecule has 0 N–H and O–H groups in total. The van der Waals surface area contributed by atoms with Gasteiger partial charge in [0, 0.05) is 0 Å². The van der Waals surface area contributed by atoms with E-state index in [4.69, 9.17) is 23.7 Å². The molecule has 0 heterocycles. The van der Waals surface area contributed by atoms with Crippen LogP contribution >= 0.6 is 0 Å². The quantitative estimate of drug-likeness (QED) is 0.0820. The highest BCUT2D eigenvalue weighted by atomic mass is 16.6. The monoisotopic (exact) mass is 630 g/mol. The normalized spacial score (nSPS) is 13.8. The van der Waals surface area contributed by atoms with Crippen LogP contribution < -0.4 is 0 Å². The minimum Gasteiger partial charge on any atom is -0.374 e. The molecule has 0 aromatic heterocycles. The lowest BCUT2D eigenvalue weighted by Gasteiger charge is -2.36. The predicted molar refractivity (Wildman–Crippen MR) is 182 cm³/mol. The van der Waals surface area contributed by atoms with Gasteiger partial charge in [0.25, 0.3) is 0 Å². The maximum atomic E-state index is 12.8. The van der Waals surface area contributed by atoms with Crippen LogP contribution in [0.3, 0.4) is 0 Å². The van der Waals surface area contributed by atoms with Gasteiger partial charge in [0.05, 0.1) is 39.6 Å². The van der Waals surface area contributed by atoms with Crippen LogP contribution in [0, 0.1) is 0 Å². The molecule has 0 fully saturated rings. The van der Waals surface area contributed by atoms with Crippen LogP contribution in [-0.4, -0.2) is 37.3 Å². The summed E-state index contributed by atoms with van der Waals surface area (Å²) in [6.07, 6.45) is -2.30. The number of ether oxygens (including phenoxy) is 5. The molecule has 0 aliphatic carbocycles. The molecule has 242 valence electrons. The molecule has 0 aliphatic rings. The number of carbonyl (C=O) groups excluding carboxylic acids is 1. The van der Waals surface area contributed by atoms with Gasteiger partial charge in [0.15, 0.2) is 6.29 Å². The third-order valence-electron chi connectivity index (χ3n) is 7.70. The van der Waals surface area contributed by atoms with E-state index in [1.54, 1.807) is 0 Å². The summed E-state index contributed by atoms with van der Waals surface area (Å²) < 4.78 is 32.5. The van der Waals surface area contributed by atoms with Crippen molar-refractivity contribution in [3.63, 3.8) is 0 Å². The van der Waals surface area contributed by atoms with E-state index in [9.17, 15) is 4.79 Å². The number of hydrogen-bond acceptors (Lipinski definition) is 6. The molecule has 6 nitrogen and oxygen atoms in total. The summed E-state index contributed by atoms with van der Waals surface area (Å²) in [5.74, 6) is 0. The third kappa shape index (κ3) is 11.4. The summed E-state index contributed by atoms with van der Waals surface area (Å²) in [7, 11) is 0. The summed E-state index contributed by atoms with van der Waals surface area (Å²) in [5.41, 5.74) is 4.96. The lowest BCUT2D eigenvalue weighted by molar-refractivity contribution is -0.197. The molecular formula is C41H42O6. The van der Waals surface area contributed by atoms with Gasteiger partial charge in [0.2, 0.25) is 0 Å². The van der Waals surface area contributed by atoms with Crippen molar-refractivity contribution in [1.29, 1.82) is 0 Å². The maximum absolute atomic E-state index is 12.8. The second kappa shape index (κ2) is 19.3. The Morgan fingerprint density at radius 2 is 0.745 bits per heavy atom. The Labute approximate surface area is 277 Å². The number of rotatable bonds is 20. The van der Waals surface area contributed by atoms with Gasteiger partial charge in [-0.25, -0.2) is 0 Å². The molecule has 5 aromatic carbocycles. The Balaban J connectivity index is 1.45. The van der Waals surface area contributed by atoms with Gasteiger partial charge in [-0.05, 0) is 27.8 Å². The highest BCUT2D eigenvalue weighted by molar-refractivity contribution is 5.57.